The molecule has 0 saturated carbocycles. The van der Waals surface area contributed by atoms with Crippen molar-refractivity contribution >= 4 is 33.4 Å². The molecule has 6 nitrogen and oxygen atoms in total. The van der Waals surface area contributed by atoms with Crippen LogP contribution in [0.2, 0.25) is 0 Å². The summed E-state index contributed by atoms with van der Waals surface area (Å²) in [6, 6.07) is 30.1. The molecule has 7 heteroatoms. The fourth-order valence-electron chi connectivity index (χ4n) is 4.99. The smallest absolute Gasteiger partial charge is 0.254 e. The van der Waals surface area contributed by atoms with E-state index in [1.807, 2.05) is 91.0 Å². The molecule has 1 aliphatic heterocycles. The van der Waals surface area contributed by atoms with E-state index in [1.54, 1.807) is 30.1 Å². The Morgan fingerprint density at radius 2 is 1.49 bits per heavy atom. The molecule has 0 radical (unpaired) electrons. The second-order valence-electron chi connectivity index (χ2n) is 9.42. The van der Waals surface area contributed by atoms with Crippen molar-refractivity contribution in [2.45, 2.75) is 25.6 Å². The van der Waals surface area contributed by atoms with Crippen LogP contribution < -0.4 is 14.4 Å². The minimum atomic E-state index is -0.742. The van der Waals surface area contributed by atoms with Crippen molar-refractivity contribution in [1.29, 1.82) is 0 Å². The average molecular weight is 585 g/mol. The van der Waals surface area contributed by atoms with Crippen LogP contribution in [-0.2, 0) is 29.1 Å². The van der Waals surface area contributed by atoms with Gasteiger partial charge in [0.2, 0.25) is 5.91 Å². The minimum Gasteiger partial charge on any atom is -0.497 e. The first-order valence-corrected chi connectivity index (χ1v) is 13.5. The number of carbonyl (C=O) groups excluding carboxylic acids is 2. The second kappa shape index (κ2) is 11.7. The Balaban J connectivity index is 1.52. The van der Waals surface area contributed by atoms with Crippen LogP contribution in [0.15, 0.2) is 102 Å². The van der Waals surface area contributed by atoms with E-state index in [0.717, 1.165) is 32.4 Å². The first-order valence-electron chi connectivity index (χ1n) is 12.7. The van der Waals surface area contributed by atoms with E-state index in [4.69, 9.17) is 9.47 Å². The van der Waals surface area contributed by atoms with Gasteiger partial charge < -0.3 is 19.3 Å². The number of rotatable bonds is 9. The molecule has 0 N–H and O–H groups in total. The summed E-state index contributed by atoms with van der Waals surface area (Å²) >= 11 is 3.53. The summed E-state index contributed by atoms with van der Waals surface area (Å²) in [5.74, 6) is 0.929. The number of ether oxygens (including phenoxy) is 2. The third-order valence-electron chi connectivity index (χ3n) is 6.85. The topological polar surface area (TPSA) is 59.1 Å². The van der Waals surface area contributed by atoms with Gasteiger partial charge in [0.15, 0.2) is 0 Å². The van der Waals surface area contributed by atoms with Crippen molar-refractivity contribution in [3.05, 3.63) is 124 Å². The molecule has 39 heavy (non-hydrogen) atoms. The fraction of sp³-hybridized carbons (Fsp3) is 0.188. The van der Waals surface area contributed by atoms with E-state index in [0.29, 0.717) is 24.6 Å². The number of hydrogen-bond acceptors (Lipinski definition) is 4. The van der Waals surface area contributed by atoms with Gasteiger partial charge in [-0.1, -0.05) is 76.6 Å². The molecule has 0 bridgehead atoms. The number of hydrogen-bond donors (Lipinski definition) is 0. The Labute approximate surface area is 236 Å². The van der Waals surface area contributed by atoms with Gasteiger partial charge in [-0.05, 0) is 47.0 Å². The summed E-state index contributed by atoms with van der Waals surface area (Å²) in [5, 5.41) is 0. The summed E-state index contributed by atoms with van der Waals surface area (Å²) in [4.78, 5) is 31.6. The Bertz CT molecular complexity index is 1470. The van der Waals surface area contributed by atoms with Crippen LogP contribution in [-0.4, -0.2) is 30.9 Å². The van der Waals surface area contributed by atoms with Crippen molar-refractivity contribution in [2.75, 3.05) is 19.1 Å². The van der Waals surface area contributed by atoms with Crippen LogP contribution in [0.4, 0.5) is 5.69 Å². The molecule has 198 valence electrons. The number of halogens is 1. The van der Waals surface area contributed by atoms with Crippen molar-refractivity contribution in [3.8, 4) is 11.5 Å². The highest BCUT2D eigenvalue weighted by atomic mass is 79.9. The summed E-state index contributed by atoms with van der Waals surface area (Å²) in [6.07, 6.45) is 0.0952. The van der Waals surface area contributed by atoms with Gasteiger partial charge >= 0.3 is 0 Å². The van der Waals surface area contributed by atoms with Crippen LogP contribution >= 0.6 is 15.9 Å². The molecule has 0 spiro atoms. The summed E-state index contributed by atoms with van der Waals surface area (Å²) in [6.45, 7) is 0.711. The van der Waals surface area contributed by atoms with Gasteiger partial charge in [0.05, 0.1) is 27.2 Å². The van der Waals surface area contributed by atoms with Gasteiger partial charge in [-0.3, -0.25) is 9.59 Å². The molecule has 1 aliphatic rings. The average Bonchev–Trinajstić information content (AvgIpc) is 3.22. The molecule has 0 aliphatic carbocycles. The normalized spacial score (nSPS) is 14.2. The Morgan fingerprint density at radius 1 is 0.821 bits per heavy atom. The van der Waals surface area contributed by atoms with Gasteiger partial charge in [0.25, 0.3) is 5.91 Å². The maximum atomic E-state index is 14.1. The van der Waals surface area contributed by atoms with E-state index in [1.165, 1.54) is 0 Å². The van der Waals surface area contributed by atoms with E-state index in [2.05, 4.69) is 15.9 Å². The quantitative estimate of drug-likeness (QED) is 0.231. The molecule has 0 saturated heterocycles. The van der Waals surface area contributed by atoms with Crippen LogP contribution in [0, 0.1) is 0 Å². The number of para-hydroxylation sites is 1. The lowest BCUT2D eigenvalue weighted by atomic mass is 10.0. The zero-order valence-electron chi connectivity index (χ0n) is 21.8. The first-order chi connectivity index (χ1) is 19.0. The molecule has 4 aromatic rings. The molecule has 1 heterocycles. The molecule has 1 atom stereocenters. The molecular formula is C32H29BrN2O4. The maximum Gasteiger partial charge on any atom is 0.254 e. The number of anilines is 1. The minimum absolute atomic E-state index is 0.0952. The van der Waals surface area contributed by atoms with Crippen molar-refractivity contribution in [2.24, 2.45) is 0 Å². The molecule has 0 fully saturated rings. The van der Waals surface area contributed by atoms with Crippen molar-refractivity contribution in [3.63, 3.8) is 0 Å². The van der Waals surface area contributed by atoms with Gasteiger partial charge in [-0.15, -0.1) is 0 Å². The lowest BCUT2D eigenvalue weighted by Crippen LogP contribution is -2.41. The van der Waals surface area contributed by atoms with Gasteiger partial charge in [0.1, 0.15) is 17.5 Å². The van der Waals surface area contributed by atoms with E-state index in [9.17, 15) is 9.59 Å². The zero-order valence-corrected chi connectivity index (χ0v) is 23.4. The number of fused-ring (bicyclic) bond motifs is 1. The lowest BCUT2D eigenvalue weighted by molar-refractivity contribution is -0.139. The predicted molar refractivity (Wildman–Crippen MR) is 155 cm³/mol. The number of amides is 2. The third kappa shape index (κ3) is 5.83. The van der Waals surface area contributed by atoms with Gasteiger partial charge in [0, 0.05) is 28.3 Å². The highest BCUT2D eigenvalue weighted by Gasteiger charge is 2.42. The number of carbonyl (C=O) groups is 2. The van der Waals surface area contributed by atoms with Gasteiger partial charge in [-0.2, -0.15) is 0 Å². The molecule has 0 aromatic heterocycles. The largest absolute Gasteiger partial charge is 0.497 e. The van der Waals surface area contributed by atoms with Gasteiger partial charge in [-0.25, -0.2) is 0 Å². The van der Waals surface area contributed by atoms with Crippen LogP contribution in [0.5, 0.6) is 11.5 Å². The van der Waals surface area contributed by atoms with E-state index < -0.39 is 6.04 Å². The Hall–Kier alpha value is -4.10. The zero-order chi connectivity index (χ0) is 27.4. The maximum absolute atomic E-state index is 14.1. The summed E-state index contributed by atoms with van der Waals surface area (Å²) in [5.41, 5.74) is 4.34. The summed E-state index contributed by atoms with van der Waals surface area (Å²) in [7, 11) is 3.16. The van der Waals surface area contributed by atoms with Crippen LogP contribution in [0.1, 0.15) is 28.3 Å². The first kappa shape index (κ1) is 26.5. The molecular weight excluding hydrogens is 556 g/mol. The predicted octanol–water partition coefficient (Wildman–Crippen LogP) is 6.33. The molecule has 5 rings (SSSR count). The standard InChI is InChI=1S/C32H29BrN2O4/c1-38-26-16-24(17-27(19-26)39-2)18-30(36)35(20-22-9-4-3-5-10-22)31-28-13-6-7-14-29(28)34(32(31)37)21-23-11-8-12-25(33)15-23/h3-17,19,31H,18,20-21H2,1-2H3. The highest BCUT2D eigenvalue weighted by Crippen LogP contribution is 2.41. The summed E-state index contributed by atoms with van der Waals surface area (Å²) < 4.78 is 11.8. The molecule has 2 amide bonds. The molecule has 1 unspecified atom stereocenters. The third-order valence-corrected chi connectivity index (χ3v) is 7.34. The lowest BCUT2D eigenvalue weighted by Gasteiger charge is -2.29. The molecule has 4 aromatic carbocycles. The number of nitrogens with zero attached hydrogens (tertiary/aromatic N) is 2. The van der Waals surface area contributed by atoms with Crippen molar-refractivity contribution < 1.29 is 19.1 Å². The second-order valence-corrected chi connectivity index (χ2v) is 10.3. The Kier molecular flexibility index (Phi) is 7.98. The van der Waals surface area contributed by atoms with E-state index >= 15 is 0 Å². The fourth-order valence-corrected chi connectivity index (χ4v) is 5.44. The van der Waals surface area contributed by atoms with E-state index in [-0.39, 0.29) is 18.2 Å². The SMILES string of the molecule is COc1cc(CC(=O)N(Cc2ccccc2)C2C(=O)N(Cc3cccc(Br)c3)c3ccccc32)cc(OC)c1. The number of methoxy groups -OCH3 is 2. The monoisotopic (exact) mass is 584 g/mol. The van der Waals surface area contributed by atoms with Crippen LogP contribution in [0.3, 0.4) is 0 Å². The highest BCUT2D eigenvalue weighted by molar-refractivity contribution is 9.10. The van der Waals surface area contributed by atoms with Crippen molar-refractivity contribution in [1.82, 2.24) is 4.90 Å². The number of benzene rings is 4. The van der Waals surface area contributed by atoms with Crippen LogP contribution in [0.25, 0.3) is 0 Å². The Morgan fingerprint density at radius 3 is 2.18 bits per heavy atom.